The Kier molecular flexibility index (Phi) is 4.71. The Balaban J connectivity index is 3.17. The Hall–Kier alpha value is -2.04. The molecule has 0 fully saturated rings. The van der Waals surface area contributed by atoms with E-state index in [1.54, 1.807) is 19.9 Å². The highest BCUT2D eigenvalue weighted by atomic mass is 16.5. The number of ketones is 1. The summed E-state index contributed by atoms with van der Waals surface area (Å²) in [5, 5.41) is 0. The molecule has 0 aliphatic heterocycles. The van der Waals surface area contributed by atoms with Crippen molar-refractivity contribution in [2.24, 2.45) is 0 Å². The van der Waals surface area contributed by atoms with Crippen LogP contribution in [-0.4, -0.2) is 32.6 Å². The molecule has 0 heterocycles. The summed E-state index contributed by atoms with van der Waals surface area (Å²) < 4.78 is 14.9. The first-order valence-electron chi connectivity index (χ1n) is 5.49. The molecule has 5 nitrogen and oxygen atoms in total. The van der Waals surface area contributed by atoms with Gasteiger partial charge in [0.05, 0.1) is 20.8 Å². The SMILES string of the molecule is CCOC(=O)C(=O)c1cc(OC)c(OC)cc1C. The molecule has 18 heavy (non-hydrogen) atoms. The second-order valence-corrected chi connectivity index (χ2v) is 3.57. The summed E-state index contributed by atoms with van der Waals surface area (Å²) in [4.78, 5) is 23.3. The molecule has 0 saturated heterocycles. The summed E-state index contributed by atoms with van der Waals surface area (Å²) in [5.41, 5.74) is 0.886. The van der Waals surface area contributed by atoms with Gasteiger partial charge in [-0.2, -0.15) is 0 Å². The molecule has 0 radical (unpaired) electrons. The van der Waals surface area contributed by atoms with Crippen LogP contribution in [0.3, 0.4) is 0 Å². The lowest BCUT2D eigenvalue weighted by Gasteiger charge is -2.11. The number of methoxy groups -OCH3 is 2. The van der Waals surface area contributed by atoms with Crippen LogP contribution in [0.2, 0.25) is 0 Å². The minimum atomic E-state index is -0.868. The molecule has 0 amide bonds. The summed E-state index contributed by atoms with van der Waals surface area (Å²) in [7, 11) is 2.97. The van der Waals surface area contributed by atoms with Gasteiger partial charge in [0.2, 0.25) is 0 Å². The number of rotatable bonds is 5. The molecule has 0 N–H and O–H groups in total. The van der Waals surface area contributed by atoms with Crippen LogP contribution in [0.4, 0.5) is 0 Å². The van der Waals surface area contributed by atoms with Crippen LogP contribution in [0.25, 0.3) is 0 Å². The van der Waals surface area contributed by atoms with E-state index >= 15 is 0 Å². The molecular formula is C13H16O5. The molecule has 1 aromatic carbocycles. The molecule has 0 bridgehead atoms. The smallest absolute Gasteiger partial charge is 0.379 e. The van der Waals surface area contributed by atoms with Gasteiger partial charge in [-0.3, -0.25) is 4.79 Å². The van der Waals surface area contributed by atoms with Crippen LogP contribution in [0.15, 0.2) is 12.1 Å². The monoisotopic (exact) mass is 252 g/mol. The molecule has 0 aromatic heterocycles. The third-order valence-electron chi connectivity index (χ3n) is 2.44. The summed E-state index contributed by atoms with van der Waals surface area (Å²) >= 11 is 0. The van der Waals surface area contributed by atoms with Crippen molar-refractivity contribution in [3.8, 4) is 11.5 Å². The molecular weight excluding hydrogens is 236 g/mol. The molecule has 1 rings (SSSR count). The third kappa shape index (κ3) is 2.80. The highest BCUT2D eigenvalue weighted by Crippen LogP contribution is 2.30. The van der Waals surface area contributed by atoms with Gasteiger partial charge in [-0.25, -0.2) is 4.79 Å². The Bertz CT molecular complexity index is 465. The van der Waals surface area contributed by atoms with E-state index < -0.39 is 11.8 Å². The first-order valence-corrected chi connectivity index (χ1v) is 5.49. The maximum Gasteiger partial charge on any atom is 0.379 e. The maximum atomic E-state index is 11.9. The normalized spacial score (nSPS) is 9.78. The minimum Gasteiger partial charge on any atom is -0.493 e. The molecule has 1 aromatic rings. The summed E-state index contributed by atoms with van der Waals surface area (Å²) in [6.07, 6.45) is 0. The van der Waals surface area contributed by atoms with Gasteiger partial charge in [0.25, 0.3) is 5.78 Å². The molecule has 0 saturated carbocycles. The fraction of sp³-hybridized carbons (Fsp3) is 0.385. The van der Waals surface area contributed by atoms with E-state index in [1.165, 1.54) is 20.3 Å². The molecule has 0 atom stereocenters. The van der Waals surface area contributed by atoms with E-state index in [2.05, 4.69) is 4.74 Å². The largest absolute Gasteiger partial charge is 0.493 e. The Labute approximate surface area is 106 Å². The summed E-state index contributed by atoms with van der Waals surface area (Å²) in [6, 6.07) is 3.12. The maximum absolute atomic E-state index is 11.9. The number of benzene rings is 1. The fourth-order valence-corrected chi connectivity index (χ4v) is 1.53. The van der Waals surface area contributed by atoms with Crippen LogP contribution in [0, 0.1) is 6.92 Å². The topological polar surface area (TPSA) is 61.8 Å². The number of Topliss-reactive ketones (excluding diaryl/α,β-unsaturated/α-hetero) is 1. The summed E-state index contributed by atoms with van der Waals surface area (Å²) in [6.45, 7) is 3.53. The van der Waals surface area contributed by atoms with E-state index in [4.69, 9.17) is 9.47 Å². The van der Waals surface area contributed by atoms with E-state index in [-0.39, 0.29) is 12.2 Å². The first kappa shape index (κ1) is 14.0. The van der Waals surface area contributed by atoms with Gasteiger partial charge < -0.3 is 14.2 Å². The van der Waals surface area contributed by atoms with E-state index in [1.807, 2.05) is 0 Å². The van der Waals surface area contributed by atoms with Gasteiger partial charge >= 0.3 is 5.97 Å². The van der Waals surface area contributed by atoms with E-state index in [0.29, 0.717) is 17.1 Å². The minimum absolute atomic E-state index is 0.164. The second kappa shape index (κ2) is 6.05. The zero-order valence-corrected chi connectivity index (χ0v) is 10.9. The van der Waals surface area contributed by atoms with Crippen molar-refractivity contribution in [3.63, 3.8) is 0 Å². The number of hydrogen-bond acceptors (Lipinski definition) is 5. The number of ether oxygens (including phenoxy) is 3. The van der Waals surface area contributed by atoms with Crippen molar-refractivity contribution in [2.45, 2.75) is 13.8 Å². The number of carbonyl (C=O) groups excluding carboxylic acids is 2. The molecule has 98 valence electrons. The Morgan fingerprint density at radius 2 is 1.67 bits per heavy atom. The van der Waals surface area contributed by atoms with Gasteiger partial charge in [-0.05, 0) is 31.5 Å². The van der Waals surface area contributed by atoms with Crippen molar-refractivity contribution in [2.75, 3.05) is 20.8 Å². The first-order chi connectivity index (χ1) is 8.54. The zero-order chi connectivity index (χ0) is 13.7. The quantitative estimate of drug-likeness (QED) is 0.454. The second-order valence-electron chi connectivity index (χ2n) is 3.57. The predicted octanol–water partition coefficient (Wildman–Crippen LogP) is 1.76. The zero-order valence-electron chi connectivity index (χ0n) is 10.9. The highest BCUT2D eigenvalue weighted by Gasteiger charge is 2.21. The molecule has 0 unspecified atom stereocenters. The van der Waals surface area contributed by atoms with Crippen molar-refractivity contribution in [1.82, 2.24) is 0 Å². The predicted molar refractivity (Wildman–Crippen MR) is 65.2 cm³/mol. The van der Waals surface area contributed by atoms with Gasteiger partial charge in [0.1, 0.15) is 0 Å². The highest BCUT2D eigenvalue weighted by molar-refractivity contribution is 6.41. The van der Waals surface area contributed by atoms with Crippen LogP contribution < -0.4 is 9.47 Å². The number of carbonyl (C=O) groups is 2. The van der Waals surface area contributed by atoms with Gasteiger partial charge in [-0.15, -0.1) is 0 Å². The van der Waals surface area contributed by atoms with Crippen LogP contribution in [-0.2, 0) is 9.53 Å². The molecule has 5 heteroatoms. The Morgan fingerprint density at radius 3 is 2.17 bits per heavy atom. The third-order valence-corrected chi connectivity index (χ3v) is 2.44. The standard InChI is InChI=1S/C13H16O5/c1-5-18-13(15)12(14)9-7-11(17-4)10(16-3)6-8(9)2/h6-7H,5H2,1-4H3. The Morgan fingerprint density at radius 1 is 1.11 bits per heavy atom. The van der Waals surface area contributed by atoms with Crippen molar-refractivity contribution in [3.05, 3.63) is 23.3 Å². The number of hydrogen-bond donors (Lipinski definition) is 0. The van der Waals surface area contributed by atoms with Crippen LogP contribution in [0.5, 0.6) is 11.5 Å². The van der Waals surface area contributed by atoms with Gasteiger partial charge in [0, 0.05) is 5.56 Å². The van der Waals surface area contributed by atoms with Crippen LogP contribution in [0.1, 0.15) is 22.8 Å². The van der Waals surface area contributed by atoms with Gasteiger partial charge in [0.15, 0.2) is 11.5 Å². The summed E-state index contributed by atoms with van der Waals surface area (Å²) in [5.74, 6) is -0.644. The average Bonchev–Trinajstić information content (AvgIpc) is 2.37. The average molecular weight is 252 g/mol. The lowest BCUT2D eigenvalue weighted by molar-refractivity contribution is -0.137. The molecule has 0 spiro atoms. The lowest BCUT2D eigenvalue weighted by atomic mass is 10.0. The van der Waals surface area contributed by atoms with Crippen LogP contribution >= 0.6 is 0 Å². The fourth-order valence-electron chi connectivity index (χ4n) is 1.53. The van der Waals surface area contributed by atoms with Crippen molar-refractivity contribution < 1.29 is 23.8 Å². The molecule has 0 aliphatic rings. The van der Waals surface area contributed by atoms with Gasteiger partial charge in [-0.1, -0.05) is 0 Å². The molecule has 0 aliphatic carbocycles. The van der Waals surface area contributed by atoms with E-state index in [0.717, 1.165) is 0 Å². The van der Waals surface area contributed by atoms with Crippen molar-refractivity contribution >= 4 is 11.8 Å². The number of aryl methyl sites for hydroxylation is 1. The van der Waals surface area contributed by atoms with E-state index in [9.17, 15) is 9.59 Å². The lowest BCUT2D eigenvalue weighted by Crippen LogP contribution is -2.18. The van der Waals surface area contributed by atoms with Crippen molar-refractivity contribution in [1.29, 1.82) is 0 Å². The number of esters is 1.